The fraction of sp³-hybridized carbons (Fsp3) is 0.923. The first-order chi connectivity index (χ1) is 8.27. The van der Waals surface area contributed by atoms with E-state index in [2.05, 4.69) is 5.32 Å². The maximum atomic E-state index is 12.2. The number of hydrogen-bond acceptors (Lipinski definition) is 2. The van der Waals surface area contributed by atoms with Crippen molar-refractivity contribution in [2.75, 3.05) is 0 Å². The molecule has 2 rings (SSSR count). The van der Waals surface area contributed by atoms with Crippen molar-refractivity contribution in [1.29, 1.82) is 0 Å². The lowest BCUT2D eigenvalue weighted by molar-refractivity contribution is -0.781. The lowest BCUT2D eigenvalue weighted by Crippen LogP contribution is -3.15. The van der Waals surface area contributed by atoms with Gasteiger partial charge in [-0.2, -0.15) is 0 Å². The first-order valence-electron chi connectivity index (χ1n) is 7.12. The Morgan fingerprint density at radius 1 is 0.941 bits per heavy atom. The van der Waals surface area contributed by atoms with Crippen LogP contribution in [0.2, 0.25) is 0 Å². The Labute approximate surface area is 110 Å². The largest absolute Gasteiger partial charge is 0.627 e. The predicted octanol–water partition coefficient (Wildman–Crippen LogP) is 1.91. The van der Waals surface area contributed by atoms with Gasteiger partial charge in [-0.25, -0.2) is 0 Å². The lowest BCUT2D eigenvalue weighted by Gasteiger charge is -2.35. The molecule has 0 amide bonds. The summed E-state index contributed by atoms with van der Waals surface area (Å²) < 4.78 is 0. The lowest BCUT2D eigenvalue weighted by atomic mass is 9.95. The van der Waals surface area contributed by atoms with E-state index in [1.807, 2.05) is 0 Å². The third kappa shape index (κ3) is 3.90. The summed E-state index contributed by atoms with van der Waals surface area (Å²) >= 11 is 5.28. The molecular formula is C13H24N2OS. The molecule has 1 atom stereocenters. The molecule has 0 aliphatic heterocycles. The highest BCUT2D eigenvalue weighted by Crippen LogP contribution is 2.17. The van der Waals surface area contributed by atoms with Crippen LogP contribution in [0.15, 0.2) is 0 Å². The minimum absolute atomic E-state index is 0.213. The van der Waals surface area contributed by atoms with Crippen LogP contribution in [0.3, 0.4) is 0 Å². The van der Waals surface area contributed by atoms with Crippen LogP contribution in [0, 0.1) is 5.21 Å². The van der Waals surface area contributed by atoms with Gasteiger partial charge < -0.3 is 15.6 Å². The quantitative estimate of drug-likeness (QED) is 0.585. The molecule has 1 unspecified atom stereocenters. The SMILES string of the molecule is [O-][NH+](C(=S)NC1CCCCC1)C1CCCCC1. The molecule has 2 fully saturated rings. The number of quaternary nitrogens is 1. The van der Waals surface area contributed by atoms with Gasteiger partial charge in [-0.1, -0.05) is 25.7 Å². The van der Waals surface area contributed by atoms with Crippen molar-refractivity contribution in [2.45, 2.75) is 76.3 Å². The summed E-state index contributed by atoms with van der Waals surface area (Å²) in [6.45, 7) is 0. The molecule has 0 radical (unpaired) electrons. The van der Waals surface area contributed by atoms with E-state index in [0.29, 0.717) is 11.2 Å². The van der Waals surface area contributed by atoms with Crippen LogP contribution in [0.1, 0.15) is 64.2 Å². The molecule has 17 heavy (non-hydrogen) atoms. The summed E-state index contributed by atoms with van der Waals surface area (Å²) in [6.07, 6.45) is 12.0. The fourth-order valence-electron chi connectivity index (χ4n) is 3.05. The second-order valence-corrected chi connectivity index (χ2v) is 5.92. The van der Waals surface area contributed by atoms with Crippen molar-refractivity contribution < 1.29 is 5.06 Å². The Morgan fingerprint density at radius 2 is 1.47 bits per heavy atom. The molecular weight excluding hydrogens is 232 g/mol. The van der Waals surface area contributed by atoms with Crippen molar-refractivity contribution in [3.05, 3.63) is 5.21 Å². The second kappa shape index (κ2) is 6.66. The Morgan fingerprint density at radius 3 is 2.06 bits per heavy atom. The number of thiocarbonyl (C=S) groups is 1. The zero-order chi connectivity index (χ0) is 12.1. The minimum atomic E-state index is 0.213. The predicted molar refractivity (Wildman–Crippen MR) is 73.8 cm³/mol. The average Bonchev–Trinajstić information content (AvgIpc) is 2.40. The molecule has 0 spiro atoms. The van der Waals surface area contributed by atoms with E-state index in [0.717, 1.165) is 12.8 Å². The highest BCUT2D eigenvalue weighted by molar-refractivity contribution is 7.79. The van der Waals surface area contributed by atoms with E-state index in [-0.39, 0.29) is 11.1 Å². The average molecular weight is 256 g/mol. The van der Waals surface area contributed by atoms with Gasteiger partial charge in [0.1, 0.15) is 0 Å². The Kier molecular flexibility index (Phi) is 5.19. The molecule has 3 nitrogen and oxygen atoms in total. The van der Waals surface area contributed by atoms with Gasteiger partial charge in [-0.15, -0.1) is 0 Å². The van der Waals surface area contributed by atoms with E-state index in [1.165, 1.54) is 51.4 Å². The van der Waals surface area contributed by atoms with E-state index < -0.39 is 0 Å². The van der Waals surface area contributed by atoms with Crippen molar-refractivity contribution in [3.8, 4) is 0 Å². The standard InChI is InChI=1S/C13H24N2OS/c16-15(12-9-5-2-6-10-12)13(17)14-11-7-3-1-4-8-11/h11-12,15H,1-10H2,(H,14,17). The van der Waals surface area contributed by atoms with Crippen molar-refractivity contribution in [1.82, 2.24) is 5.32 Å². The van der Waals surface area contributed by atoms with E-state index >= 15 is 0 Å². The zero-order valence-electron chi connectivity index (χ0n) is 10.5. The zero-order valence-corrected chi connectivity index (χ0v) is 11.4. The number of rotatable bonds is 2. The van der Waals surface area contributed by atoms with Crippen molar-refractivity contribution in [3.63, 3.8) is 0 Å². The van der Waals surface area contributed by atoms with Gasteiger partial charge >= 0.3 is 0 Å². The maximum Gasteiger partial charge on any atom is 0.268 e. The van der Waals surface area contributed by atoms with E-state index in [4.69, 9.17) is 12.2 Å². The molecule has 4 heteroatoms. The van der Waals surface area contributed by atoms with Gasteiger partial charge in [0.2, 0.25) is 0 Å². The monoisotopic (exact) mass is 256 g/mol. The smallest absolute Gasteiger partial charge is 0.268 e. The highest BCUT2D eigenvalue weighted by Gasteiger charge is 2.24. The van der Waals surface area contributed by atoms with Gasteiger partial charge in [-0.05, 0) is 25.7 Å². The molecule has 98 valence electrons. The topological polar surface area (TPSA) is 39.5 Å². The van der Waals surface area contributed by atoms with Gasteiger partial charge in [0, 0.05) is 31.1 Å². The normalized spacial score (nSPS) is 25.5. The van der Waals surface area contributed by atoms with Crippen molar-refractivity contribution >= 4 is 17.3 Å². The molecule has 0 aromatic heterocycles. The number of nitrogens with one attached hydrogen (secondary N) is 2. The van der Waals surface area contributed by atoms with Gasteiger partial charge in [-0.3, -0.25) is 0 Å². The minimum Gasteiger partial charge on any atom is -0.627 e. The summed E-state index contributed by atoms with van der Waals surface area (Å²) in [5.41, 5.74) is 0. The second-order valence-electron chi connectivity index (χ2n) is 5.51. The van der Waals surface area contributed by atoms with Crippen molar-refractivity contribution in [2.24, 2.45) is 0 Å². The molecule has 0 saturated heterocycles. The summed E-state index contributed by atoms with van der Waals surface area (Å²) in [4.78, 5) is 0. The third-order valence-electron chi connectivity index (χ3n) is 4.14. The van der Waals surface area contributed by atoms with Crippen LogP contribution < -0.4 is 10.4 Å². The van der Waals surface area contributed by atoms with Crippen LogP contribution in [0.5, 0.6) is 0 Å². The van der Waals surface area contributed by atoms with Crippen LogP contribution in [-0.2, 0) is 0 Å². The van der Waals surface area contributed by atoms with Gasteiger partial charge in [0.05, 0.1) is 6.04 Å². The molecule has 2 saturated carbocycles. The summed E-state index contributed by atoms with van der Waals surface area (Å²) in [5, 5.41) is 16.2. The molecule has 0 bridgehead atoms. The highest BCUT2D eigenvalue weighted by atomic mass is 32.1. The first kappa shape index (κ1) is 13.2. The molecule has 0 heterocycles. The van der Waals surface area contributed by atoms with Crippen LogP contribution >= 0.6 is 12.2 Å². The van der Waals surface area contributed by atoms with E-state index in [1.54, 1.807) is 0 Å². The molecule has 0 aromatic rings. The number of hydrogen-bond donors (Lipinski definition) is 2. The summed E-state index contributed by atoms with van der Waals surface area (Å²) in [7, 11) is 0. The van der Waals surface area contributed by atoms with Gasteiger partial charge in [0.15, 0.2) is 0 Å². The summed E-state index contributed by atoms with van der Waals surface area (Å²) in [5.74, 6) is 0. The Balaban J connectivity index is 1.77. The van der Waals surface area contributed by atoms with Crippen LogP contribution in [0.4, 0.5) is 0 Å². The molecule has 0 aromatic carbocycles. The fourth-order valence-corrected chi connectivity index (χ4v) is 3.39. The molecule has 2 N–H and O–H groups in total. The Bertz CT molecular complexity index is 248. The van der Waals surface area contributed by atoms with Gasteiger partial charge in [0.25, 0.3) is 5.11 Å². The summed E-state index contributed by atoms with van der Waals surface area (Å²) in [6, 6.07) is 0.677. The first-order valence-corrected chi connectivity index (χ1v) is 7.53. The van der Waals surface area contributed by atoms with Crippen LogP contribution in [0.25, 0.3) is 0 Å². The number of hydroxylamine groups is 2. The molecule has 2 aliphatic rings. The molecule has 2 aliphatic carbocycles. The maximum absolute atomic E-state index is 12.2. The Hall–Kier alpha value is -0.190. The van der Waals surface area contributed by atoms with E-state index in [9.17, 15) is 5.21 Å². The van der Waals surface area contributed by atoms with Crippen LogP contribution in [-0.4, -0.2) is 17.2 Å². The third-order valence-corrected chi connectivity index (χ3v) is 4.46.